The number of anilines is 2. The second kappa shape index (κ2) is 8.18. The fourth-order valence-corrected chi connectivity index (χ4v) is 2.95. The number of carbonyl (C=O) groups is 1. The number of nitrogens with zero attached hydrogens (tertiary/aromatic N) is 2. The molecule has 0 saturated carbocycles. The second-order valence-electron chi connectivity index (χ2n) is 6.38. The van der Waals surface area contributed by atoms with Gasteiger partial charge in [0.05, 0.1) is 0 Å². The lowest BCUT2D eigenvalue weighted by molar-refractivity contribution is 0.102. The van der Waals surface area contributed by atoms with E-state index in [1.807, 2.05) is 19.1 Å². The number of amides is 1. The van der Waals surface area contributed by atoms with Crippen molar-refractivity contribution in [2.45, 2.75) is 27.3 Å². The van der Waals surface area contributed by atoms with Gasteiger partial charge in [0.25, 0.3) is 5.91 Å². The minimum absolute atomic E-state index is 0.287. The molecule has 0 aliphatic heterocycles. The molecule has 138 valence electrons. The zero-order valence-electron chi connectivity index (χ0n) is 15.5. The van der Waals surface area contributed by atoms with Gasteiger partial charge in [0.1, 0.15) is 17.3 Å². The van der Waals surface area contributed by atoms with Gasteiger partial charge in [-0.1, -0.05) is 35.9 Å². The van der Waals surface area contributed by atoms with E-state index >= 15 is 0 Å². The van der Waals surface area contributed by atoms with Crippen molar-refractivity contribution in [1.29, 1.82) is 0 Å². The molecule has 0 spiro atoms. The van der Waals surface area contributed by atoms with E-state index in [4.69, 9.17) is 11.6 Å². The van der Waals surface area contributed by atoms with Crippen molar-refractivity contribution in [3.8, 4) is 0 Å². The fourth-order valence-electron chi connectivity index (χ4n) is 2.72. The zero-order valence-corrected chi connectivity index (χ0v) is 16.3. The fraction of sp³-hybridized carbons (Fsp3) is 0.190. The van der Waals surface area contributed by atoms with E-state index in [0.29, 0.717) is 34.6 Å². The minimum Gasteiger partial charge on any atom is -0.366 e. The standard InChI is InChI=1S/C21H21ClN4O/c1-13-6-4-5-7-16(13)12-23-20-11-19(24-15(3)25-20)21(27)26-18-9-8-17(22)10-14(18)2/h4-11H,12H2,1-3H3,(H,26,27)(H,23,24,25). The minimum atomic E-state index is -0.287. The molecule has 0 fully saturated rings. The van der Waals surface area contributed by atoms with E-state index in [-0.39, 0.29) is 5.91 Å². The smallest absolute Gasteiger partial charge is 0.274 e. The van der Waals surface area contributed by atoms with Crippen LogP contribution in [-0.2, 0) is 6.54 Å². The molecule has 2 aromatic carbocycles. The quantitative estimate of drug-likeness (QED) is 0.659. The van der Waals surface area contributed by atoms with Crippen LogP contribution < -0.4 is 10.6 Å². The highest BCUT2D eigenvalue weighted by atomic mass is 35.5. The third-order valence-corrected chi connectivity index (χ3v) is 4.46. The van der Waals surface area contributed by atoms with Crippen molar-refractivity contribution >= 4 is 29.0 Å². The van der Waals surface area contributed by atoms with Crippen molar-refractivity contribution in [3.05, 3.63) is 81.8 Å². The molecule has 6 heteroatoms. The van der Waals surface area contributed by atoms with Crippen LogP contribution in [0.15, 0.2) is 48.5 Å². The second-order valence-corrected chi connectivity index (χ2v) is 6.82. The van der Waals surface area contributed by atoms with Gasteiger partial charge in [-0.3, -0.25) is 4.79 Å². The summed E-state index contributed by atoms with van der Waals surface area (Å²) >= 11 is 5.97. The molecule has 0 radical (unpaired) electrons. The van der Waals surface area contributed by atoms with Crippen LogP contribution in [0.3, 0.4) is 0 Å². The predicted octanol–water partition coefficient (Wildman–Crippen LogP) is 4.92. The van der Waals surface area contributed by atoms with E-state index in [1.165, 1.54) is 11.1 Å². The van der Waals surface area contributed by atoms with Crippen LogP contribution in [0, 0.1) is 20.8 Å². The van der Waals surface area contributed by atoms with Crippen molar-refractivity contribution < 1.29 is 4.79 Å². The van der Waals surface area contributed by atoms with Gasteiger partial charge in [-0.15, -0.1) is 0 Å². The number of aromatic nitrogens is 2. The van der Waals surface area contributed by atoms with Crippen molar-refractivity contribution in [2.75, 3.05) is 10.6 Å². The summed E-state index contributed by atoms with van der Waals surface area (Å²) in [7, 11) is 0. The number of rotatable bonds is 5. The van der Waals surface area contributed by atoms with E-state index in [9.17, 15) is 4.79 Å². The maximum absolute atomic E-state index is 12.6. The van der Waals surface area contributed by atoms with Crippen LogP contribution in [0.5, 0.6) is 0 Å². The van der Waals surface area contributed by atoms with Crippen molar-refractivity contribution in [1.82, 2.24) is 9.97 Å². The van der Waals surface area contributed by atoms with Crippen molar-refractivity contribution in [2.24, 2.45) is 0 Å². The Balaban J connectivity index is 1.76. The first-order chi connectivity index (χ1) is 12.9. The van der Waals surface area contributed by atoms with Gasteiger partial charge in [-0.2, -0.15) is 0 Å². The molecule has 0 unspecified atom stereocenters. The lowest BCUT2D eigenvalue weighted by Gasteiger charge is -2.11. The molecule has 0 bridgehead atoms. The maximum atomic E-state index is 12.6. The van der Waals surface area contributed by atoms with Crippen LogP contribution in [0.2, 0.25) is 5.02 Å². The van der Waals surface area contributed by atoms with Gasteiger partial charge in [-0.05, 0) is 55.7 Å². The summed E-state index contributed by atoms with van der Waals surface area (Å²) < 4.78 is 0. The topological polar surface area (TPSA) is 66.9 Å². The summed E-state index contributed by atoms with van der Waals surface area (Å²) in [6.07, 6.45) is 0. The largest absolute Gasteiger partial charge is 0.366 e. The molecule has 0 aliphatic rings. The Morgan fingerprint density at radius 1 is 1.00 bits per heavy atom. The van der Waals surface area contributed by atoms with Gasteiger partial charge in [-0.25, -0.2) is 9.97 Å². The first-order valence-electron chi connectivity index (χ1n) is 8.64. The van der Waals surface area contributed by atoms with Crippen molar-refractivity contribution in [3.63, 3.8) is 0 Å². The van der Waals surface area contributed by atoms with Crippen LogP contribution in [-0.4, -0.2) is 15.9 Å². The lowest BCUT2D eigenvalue weighted by atomic mass is 10.1. The summed E-state index contributed by atoms with van der Waals surface area (Å²) in [6.45, 7) is 6.35. The normalized spacial score (nSPS) is 10.5. The highest BCUT2D eigenvalue weighted by Gasteiger charge is 2.12. The predicted molar refractivity (Wildman–Crippen MR) is 109 cm³/mol. The lowest BCUT2D eigenvalue weighted by Crippen LogP contribution is -2.16. The third kappa shape index (κ3) is 4.83. The summed E-state index contributed by atoms with van der Waals surface area (Å²) in [5, 5.41) is 6.78. The average molecular weight is 381 g/mol. The summed E-state index contributed by atoms with van der Waals surface area (Å²) in [5.74, 6) is 0.858. The Morgan fingerprint density at radius 3 is 2.52 bits per heavy atom. The first-order valence-corrected chi connectivity index (χ1v) is 9.02. The van der Waals surface area contributed by atoms with E-state index in [1.54, 1.807) is 31.2 Å². The number of hydrogen-bond acceptors (Lipinski definition) is 4. The third-order valence-electron chi connectivity index (χ3n) is 4.23. The maximum Gasteiger partial charge on any atom is 0.274 e. The number of hydrogen-bond donors (Lipinski definition) is 2. The molecule has 1 amide bonds. The Morgan fingerprint density at radius 2 is 1.78 bits per heavy atom. The average Bonchev–Trinajstić information content (AvgIpc) is 2.63. The van der Waals surface area contributed by atoms with Gasteiger partial charge in [0.15, 0.2) is 0 Å². The summed E-state index contributed by atoms with van der Waals surface area (Å²) in [4.78, 5) is 21.3. The molecular formula is C21H21ClN4O. The zero-order chi connectivity index (χ0) is 19.4. The Hall–Kier alpha value is -2.92. The Labute approximate surface area is 163 Å². The number of benzene rings is 2. The number of carbonyl (C=O) groups excluding carboxylic acids is 1. The number of aryl methyl sites for hydroxylation is 3. The monoisotopic (exact) mass is 380 g/mol. The molecular weight excluding hydrogens is 360 g/mol. The molecule has 3 rings (SSSR count). The Kier molecular flexibility index (Phi) is 5.72. The van der Waals surface area contributed by atoms with E-state index in [0.717, 1.165) is 5.56 Å². The number of halogens is 1. The molecule has 1 aromatic heterocycles. The molecule has 3 aromatic rings. The molecule has 5 nitrogen and oxygen atoms in total. The SMILES string of the molecule is Cc1nc(NCc2ccccc2C)cc(C(=O)Nc2ccc(Cl)cc2C)n1. The molecule has 0 atom stereocenters. The van der Waals surface area contributed by atoms with Gasteiger partial charge in [0, 0.05) is 23.3 Å². The van der Waals surface area contributed by atoms with E-state index in [2.05, 4.69) is 39.7 Å². The molecule has 27 heavy (non-hydrogen) atoms. The van der Waals surface area contributed by atoms with Gasteiger partial charge < -0.3 is 10.6 Å². The highest BCUT2D eigenvalue weighted by molar-refractivity contribution is 6.30. The molecule has 1 heterocycles. The van der Waals surface area contributed by atoms with Crippen LogP contribution in [0.1, 0.15) is 33.0 Å². The number of nitrogens with one attached hydrogen (secondary N) is 2. The Bertz CT molecular complexity index is 988. The molecule has 0 aliphatic carbocycles. The van der Waals surface area contributed by atoms with Crippen LogP contribution >= 0.6 is 11.6 Å². The first kappa shape index (κ1) is 18.9. The van der Waals surface area contributed by atoms with Crippen LogP contribution in [0.25, 0.3) is 0 Å². The van der Waals surface area contributed by atoms with E-state index < -0.39 is 0 Å². The highest BCUT2D eigenvalue weighted by Crippen LogP contribution is 2.20. The summed E-state index contributed by atoms with van der Waals surface area (Å²) in [5.41, 5.74) is 4.28. The van der Waals surface area contributed by atoms with Gasteiger partial charge in [0.2, 0.25) is 0 Å². The summed E-state index contributed by atoms with van der Waals surface area (Å²) in [6, 6.07) is 15.1. The molecule has 2 N–H and O–H groups in total. The molecule has 0 saturated heterocycles. The van der Waals surface area contributed by atoms with Gasteiger partial charge >= 0.3 is 0 Å². The van der Waals surface area contributed by atoms with Crippen LogP contribution in [0.4, 0.5) is 11.5 Å².